The molecule has 3 atom stereocenters. The fourth-order valence-electron chi connectivity index (χ4n) is 5.06. The number of carboxylic acid groups (broad SMARTS) is 1. The van der Waals surface area contributed by atoms with Crippen molar-refractivity contribution >= 4 is 46.4 Å². The molecule has 2 heterocycles. The summed E-state index contributed by atoms with van der Waals surface area (Å²) in [7, 11) is 1.45. The summed E-state index contributed by atoms with van der Waals surface area (Å²) >= 11 is 0. The SMILES string of the molecule is CC(=O)CNC(C)=O.COc1cccc2nc(C(=O)C(CC(=O)O)NC(=O)C3CCCN3C(=O)C(C)C(C)C)oc12.Cc1ccc(O)cc1.Oc1ccccc1. The van der Waals surface area contributed by atoms with Gasteiger partial charge in [-0.3, -0.25) is 28.8 Å². The zero-order valence-corrected chi connectivity index (χ0v) is 32.8. The second-order valence-electron chi connectivity index (χ2n) is 13.4. The summed E-state index contributed by atoms with van der Waals surface area (Å²) in [5.74, 6) is -2.38. The Hall–Kier alpha value is -6.25. The number of aromatic nitrogens is 1. The third-order valence-electron chi connectivity index (χ3n) is 8.43. The van der Waals surface area contributed by atoms with E-state index in [9.17, 15) is 33.9 Å². The molecule has 1 aromatic heterocycles. The van der Waals surface area contributed by atoms with Crippen molar-refractivity contribution in [3.05, 3.63) is 84.3 Å². The van der Waals surface area contributed by atoms with E-state index in [-0.39, 0.29) is 47.5 Å². The highest BCUT2D eigenvalue weighted by molar-refractivity contribution is 6.03. The first-order chi connectivity index (χ1) is 26.4. The highest BCUT2D eigenvalue weighted by Gasteiger charge is 2.39. The maximum atomic E-state index is 13.1. The molecular weight excluding hydrogens is 724 g/mol. The number of aliphatic carboxylic acids is 1. The number of ketones is 2. The largest absolute Gasteiger partial charge is 0.508 e. The number of Topliss-reactive ketones (excluding diaryl/α,β-unsaturated/α-hetero) is 2. The Morgan fingerprint density at radius 1 is 0.911 bits per heavy atom. The number of nitrogens with zero attached hydrogens (tertiary/aromatic N) is 2. The van der Waals surface area contributed by atoms with Crippen molar-refractivity contribution in [3.8, 4) is 17.2 Å². The van der Waals surface area contributed by atoms with Gasteiger partial charge >= 0.3 is 5.97 Å². The second-order valence-corrected chi connectivity index (χ2v) is 13.4. The molecule has 0 aliphatic carbocycles. The number of carbonyl (C=O) groups excluding carboxylic acids is 5. The predicted molar refractivity (Wildman–Crippen MR) is 208 cm³/mol. The molecule has 56 heavy (non-hydrogen) atoms. The summed E-state index contributed by atoms with van der Waals surface area (Å²) in [4.78, 5) is 76.2. The lowest BCUT2D eigenvalue weighted by atomic mass is 9.96. The Bertz CT molecular complexity index is 1870. The van der Waals surface area contributed by atoms with Crippen LogP contribution in [0.5, 0.6) is 17.2 Å². The summed E-state index contributed by atoms with van der Waals surface area (Å²) in [6.45, 7) is 11.1. The van der Waals surface area contributed by atoms with Crippen LogP contribution in [-0.2, 0) is 24.0 Å². The molecule has 15 heteroatoms. The molecule has 302 valence electrons. The molecule has 4 aromatic rings. The average molecular weight is 777 g/mol. The van der Waals surface area contributed by atoms with Crippen LogP contribution in [-0.4, -0.2) is 92.7 Å². The molecule has 1 saturated heterocycles. The van der Waals surface area contributed by atoms with Gasteiger partial charge in [-0.2, -0.15) is 0 Å². The lowest BCUT2D eigenvalue weighted by Gasteiger charge is -2.29. The zero-order valence-electron chi connectivity index (χ0n) is 32.8. The molecule has 3 aromatic carbocycles. The Balaban J connectivity index is 0.000000376. The van der Waals surface area contributed by atoms with Crippen LogP contribution in [0.1, 0.15) is 70.1 Å². The van der Waals surface area contributed by atoms with Crippen LogP contribution in [0, 0.1) is 18.8 Å². The Kier molecular flexibility index (Phi) is 18.7. The Morgan fingerprint density at radius 2 is 1.54 bits per heavy atom. The van der Waals surface area contributed by atoms with E-state index in [1.165, 1.54) is 31.4 Å². The number of hydrogen-bond donors (Lipinski definition) is 5. The molecular formula is C41H52N4O11. The third-order valence-corrected chi connectivity index (χ3v) is 8.43. The number of aromatic hydroxyl groups is 2. The monoisotopic (exact) mass is 776 g/mol. The van der Waals surface area contributed by atoms with Crippen LogP contribution in [0.2, 0.25) is 0 Å². The molecule has 0 radical (unpaired) electrons. The minimum absolute atomic E-state index is 0.0276. The molecule has 3 unspecified atom stereocenters. The Labute approximate surface area is 326 Å². The molecule has 5 N–H and O–H groups in total. The van der Waals surface area contributed by atoms with Gasteiger partial charge in [-0.15, -0.1) is 0 Å². The maximum Gasteiger partial charge on any atom is 0.305 e. The van der Waals surface area contributed by atoms with E-state index in [0.29, 0.717) is 42.2 Å². The van der Waals surface area contributed by atoms with Gasteiger partial charge in [0, 0.05) is 19.4 Å². The van der Waals surface area contributed by atoms with Gasteiger partial charge in [0.1, 0.15) is 34.9 Å². The molecule has 15 nitrogen and oxygen atoms in total. The van der Waals surface area contributed by atoms with Gasteiger partial charge < -0.3 is 40.0 Å². The van der Waals surface area contributed by atoms with Crippen molar-refractivity contribution in [2.75, 3.05) is 20.2 Å². The van der Waals surface area contributed by atoms with E-state index in [2.05, 4.69) is 15.6 Å². The number of nitrogens with one attached hydrogen (secondary N) is 2. The zero-order chi connectivity index (χ0) is 41.9. The van der Waals surface area contributed by atoms with Crippen molar-refractivity contribution in [1.82, 2.24) is 20.5 Å². The topological polar surface area (TPSA) is 226 Å². The quantitative estimate of drug-likeness (QED) is 0.126. The fourth-order valence-corrected chi connectivity index (χ4v) is 5.06. The molecule has 0 bridgehead atoms. The number of oxazole rings is 1. The average Bonchev–Trinajstić information content (AvgIpc) is 3.83. The van der Waals surface area contributed by atoms with Crippen LogP contribution >= 0.6 is 0 Å². The number of hydrogen-bond acceptors (Lipinski definition) is 11. The summed E-state index contributed by atoms with van der Waals surface area (Å²) in [6.07, 6.45) is 0.442. The minimum Gasteiger partial charge on any atom is -0.508 e. The van der Waals surface area contributed by atoms with Gasteiger partial charge in [0.15, 0.2) is 11.3 Å². The number of fused-ring (bicyclic) bond motifs is 1. The molecule has 1 aliphatic heterocycles. The summed E-state index contributed by atoms with van der Waals surface area (Å²) in [5.41, 5.74) is 1.79. The normalized spacial score (nSPS) is 14.0. The lowest BCUT2D eigenvalue weighted by molar-refractivity contribution is -0.143. The second kappa shape index (κ2) is 22.8. The van der Waals surface area contributed by atoms with Crippen molar-refractivity contribution < 1.29 is 53.2 Å². The van der Waals surface area contributed by atoms with Crippen molar-refractivity contribution in [2.45, 2.75) is 72.9 Å². The molecule has 1 fully saturated rings. The van der Waals surface area contributed by atoms with Gasteiger partial charge in [-0.05, 0) is 69.0 Å². The number of methoxy groups -OCH3 is 1. The molecule has 1 aliphatic rings. The van der Waals surface area contributed by atoms with Crippen LogP contribution < -0.4 is 15.4 Å². The van der Waals surface area contributed by atoms with Crippen LogP contribution in [0.3, 0.4) is 0 Å². The predicted octanol–water partition coefficient (Wildman–Crippen LogP) is 5.07. The van der Waals surface area contributed by atoms with Gasteiger partial charge in [-0.25, -0.2) is 4.98 Å². The standard InChI is InChI=1S/C23H29N3O7.C7H8O.C6H6O.C5H9NO2/c1-12(2)13(3)23(31)26-10-6-8-16(26)21(30)24-15(11-18(27)28)19(29)22-25-14-7-5-9-17(32-4)20(14)33-22;1-6-2-4-7(8)5-3-6;7-6-4-2-1-3-5-6;1-4(7)3-6-5(2)8/h5,7,9,12-13,15-16H,6,8,10-11H2,1-4H3,(H,24,30)(H,27,28);2-5,8H,1H3;1-5,7H;3H2,1-2H3,(H,6,8). The maximum absolute atomic E-state index is 13.1. The first-order valence-electron chi connectivity index (χ1n) is 18.0. The summed E-state index contributed by atoms with van der Waals surface area (Å²) < 4.78 is 10.7. The summed E-state index contributed by atoms with van der Waals surface area (Å²) in [6, 6.07) is 18.6. The number of benzene rings is 3. The van der Waals surface area contributed by atoms with Gasteiger partial charge in [0.25, 0.3) is 5.89 Å². The van der Waals surface area contributed by atoms with Gasteiger partial charge in [-0.1, -0.05) is 62.7 Å². The number of carbonyl (C=O) groups is 6. The highest BCUT2D eigenvalue weighted by Crippen LogP contribution is 2.27. The molecule has 5 rings (SSSR count). The van der Waals surface area contributed by atoms with E-state index < -0.39 is 36.2 Å². The van der Waals surface area contributed by atoms with E-state index in [4.69, 9.17) is 19.4 Å². The van der Waals surface area contributed by atoms with E-state index >= 15 is 0 Å². The molecule has 0 spiro atoms. The number of phenolic OH excluding ortho intramolecular Hbond substituents is 2. The number of phenols is 2. The molecule has 0 saturated carbocycles. The van der Waals surface area contributed by atoms with E-state index in [1.807, 2.05) is 45.9 Å². The van der Waals surface area contributed by atoms with Gasteiger partial charge in [0.05, 0.1) is 20.1 Å². The van der Waals surface area contributed by atoms with Crippen molar-refractivity contribution in [3.63, 3.8) is 0 Å². The number of likely N-dealkylation sites (tertiary alicyclic amines) is 1. The number of carboxylic acids is 1. The number of rotatable bonds is 11. The van der Waals surface area contributed by atoms with Crippen molar-refractivity contribution in [2.24, 2.45) is 11.8 Å². The number of amides is 3. The minimum atomic E-state index is -1.39. The van der Waals surface area contributed by atoms with Gasteiger partial charge in [0.2, 0.25) is 23.5 Å². The number of aryl methyl sites for hydroxylation is 1. The van der Waals surface area contributed by atoms with E-state index in [0.717, 1.165) is 0 Å². The first-order valence-corrected chi connectivity index (χ1v) is 18.0. The van der Waals surface area contributed by atoms with Crippen LogP contribution in [0.25, 0.3) is 11.1 Å². The number of para-hydroxylation sites is 2. The smallest absolute Gasteiger partial charge is 0.305 e. The third kappa shape index (κ3) is 15.2. The lowest BCUT2D eigenvalue weighted by Crippen LogP contribution is -2.52. The van der Waals surface area contributed by atoms with Crippen molar-refractivity contribution in [1.29, 1.82) is 0 Å². The first kappa shape index (κ1) is 45.9. The van der Waals surface area contributed by atoms with E-state index in [1.54, 1.807) is 54.6 Å². The molecule has 3 amide bonds. The Morgan fingerprint density at radius 3 is 2.02 bits per heavy atom. The summed E-state index contributed by atoms with van der Waals surface area (Å²) in [5, 5.41) is 31.6. The van der Waals surface area contributed by atoms with Crippen LogP contribution in [0.4, 0.5) is 0 Å². The van der Waals surface area contributed by atoms with Crippen LogP contribution in [0.15, 0.2) is 77.2 Å². The highest BCUT2D eigenvalue weighted by atomic mass is 16.5. The fraction of sp³-hybridized carbons (Fsp3) is 0.390. The number of ether oxygens (including phenoxy) is 1.